The van der Waals surface area contributed by atoms with Gasteiger partial charge in [0.1, 0.15) is 0 Å². The van der Waals surface area contributed by atoms with Crippen molar-refractivity contribution in [3.63, 3.8) is 0 Å². The highest BCUT2D eigenvalue weighted by Crippen LogP contribution is 2.17. The predicted octanol–water partition coefficient (Wildman–Crippen LogP) is 1.95. The van der Waals surface area contributed by atoms with E-state index >= 15 is 0 Å². The third-order valence-electron chi connectivity index (χ3n) is 3.10. The van der Waals surface area contributed by atoms with E-state index in [1.54, 1.807) is 30.7 Å². The van der Waals surface area contributed by atoms with Gasteiger partial charge in [0.2, 0.25) is 5.91 Å². The summed E-state index contributed by atoms with van der Waals surface area (Å²) in [5.41, 5.74) is 6.37. The quantitative estimate of drug-likeness (QED) is 0.839. The fraction of sp³-hybridized carbons (Fsp3) is 0.333. The lowest BCUT2D eigenvalue weighted by atomic mass is 10.2. The molecule has 2 rings (SSSR count). The van der Waals surface area contributed by atoms with E-state index in [0.29, 0.717) is 5.82 Å². The fourth-order valence-corrected chi connectivity index (χ4v) is 2.08. The summed E-state index contributed by atoms with van der Waals surface area (Å²) in [6.45, 7) is 7.19. The maximum Gasteiger partial charge on any atom is 0.289 e. The predicted molar refractivity (Wildman–Crippen MR) is 86.3 cm³/mol. The van der Waals surface area contributed by atoms with Crippen LogP contribution in [0.3, 0.4) is 0 Å². The molecule has 2 heterocycles. The molecule has 2 N–H and O–H groups in total. The van der Waals surface area contributed by atoms with Gasteiger partial charge in [-0.1, -0.05) is 25.4 Å². The molecular formula is C15H18ClN5O2. The zero-order valence-corrected chi connectivity index (χ0v) is 14.1. The number of aromatic nitrogens is 3. The second kappa shape index (κ2) is 6.78. The van der Waals surface area contributed by atoms with Crippen molar-refractivity contribution in [3.05, 3.63) is 40.3 Å². The molecule has 2 amide bonds. The summed E-state index contributed by atoms with van der Waals surface area (Å²) in [7, 11) is 0. The molecule has 0 bridgehead atoms. The summed E-state index contributed by atoms with van der Waals surface area (Å²) >= 11 is 6.04. The number of aryl methyl sites for hydroxylation is 2. The molecule has 7 nitrogen and oxygen atoms in total. The Morgan fingerprint density at radius 2 is 1.91 bits per heavy atom. The number of nitrogens with zero attached hydrogens (tertiary/aromatic N) is 3. The van der Waals surface area contributed by atoms with Crippen LogP contribution in [-0.2, 0) is 4.79 Å². The van der Waals surface area contributed by atoms with Crippen LogP contribution in [0.5, 0.6) is 0 Å². The first-order chi connectivity index (χ1) is 10.8. The van der Waals surface area contributed by atoms with Crippen molar-refractivity contribution in [2.45, 2.75) is 27.7 Å². The molecule has 0 aliphatic heterocycles. The molecule has 0 atom stereocenters. The molecule has 0 aromatic carbocycles. The molecule has 2 aromatic rings. The van der Waals surface area contributed by atoms with Gasteiger partial charge in [0.05, 0.1) is 10.7 Å². The lowest BCUT2D eigenvalue weighted by molar-refractivity contribution is -0.124. The van der Waals surface area contributed by atoms with Gasteiger partial charge >= 0.3 is 0 Å². The van der Waals surface area contributed by atoms with E-state index in [0.717, 1.165) is 11.4 Å². The van der Waals surface area contributed by atoms with Crippen molar-refractivity contribution >= 4 is 23.4 Å². The monoisotopic (exact) mass is 335 g/mol. The number of nitrogens with one attached hydrogen (secondary N) is 2. The van der Waals surface area contributed by atoms with Crippen molar-refractivity contribution in [2.75, 3.05) is 0 Å². The Balaban J connectivity index is 2.25. The normalized spacial score (nSPS) is 10.7. The van der Waals surface area contributed by atoms with Crippen molar-refractivity contribution in [2.24, 2.45) is 5.92 Å². The highest BCUT2D eigenvalue weighted by Gasteiger charge is 2.16. The van der Waals surface area contributed by atoms with Crippen LogP contribution in [0.4, 0.5) is 0 Å². The van der Waals surface area contributed by atoms with E-state index in [1.807, 2.05) is 19.9 Å². The average molecular weight is 336 g/mol. The van der Waals surface area contributed by atoms with Crippen LogP contribution in [0.2, 0.25) is 5.02 Å². The van der Waals surface area contributed by atoms with Crippen LogP contribution >= 0.6 is 11.6 Å². The Morgan fingerprint density at radius 3 is 2.48 bits per heavy atom. The van der Waals surface area contributed by atoms with E-state index in [-0.39, 0.29) is 22.5 Å². The molecule has 0 aliphatic carbocycles. The summed E-state index contributed by atoms with van der Waals surface area (Å²) in [6.07, 6.45) is 0. The molecule has 0 saturated carbocycles. The number of pyridine rings is 1. The molecule has 0 spiro atoms. The molecule has 0 fully saturated rings. The van der Waals surface area contributed by atoms with E-state index in [2.05, 4.69) is 20.9 Å². The van der Waals surface area contributed by atoms with Crippen LogP contribution < -0.4 is 10.9 Å². The minimum atomic E-state index is -0.590. The SMILES string of the molecule is Cc1cc(C)n(-c2ccc(Cl)c(C(=O)NNC(=O)C(C)C)n2)n1. The van der Waals surface area contributed by atoms with Crippen LogP contribution in [0, 0.1) is 19.8 Å². The maximum atomic E-state index is 12.2. The van der Waals surface area contributed by atoms with Crippen LogP contribution in [0.25, 0.3) is 5.82 Å². The third kappa shape index (κ3) is 3.87. The van der Waals surface area contributed by atoms with E-state index in [9.17, 15) is 9.59 Å². The first-order valence-corrected chi connectivity index (χ1v) is 7.47. The maximum absolute atomic E-state index is 12.2. The van der Waals surface area contributed by atoms with Crippen LogP contribution in [0.1, 0.15) is 35.7 Å². The van der Waals surface area contributed by atoms with Gasteiger partial charge in [0.15, 0.2) is 11.5 Å². The lowest BCUT2D eigenvalue weighted by Crippen LogP contribution is -2.43. The lowest BCUT2D eigenvalue weighted by Gasteiger charge is -2.11. The van der Waals surface area contributed by atoms with Crippen molar-refractivity contribution in [1.82, 2.24) is 25.6 Å². The Hall–Kier alpha value is -2.41. The number of rotatable bonds is 3. The molecule has 23 heavy (non-hydrogen) atoms. The van der Waals surface area contributed by atoms with Gasteiger partial charge in [-0.25, -0.2) is 9.67 Å². The summed E-state index contributed by atoms with van der Waals surface area (Å²) in [4.78, 5) is 27.9. The van der Waals surface area contributed by atoms with Gasteiger partial charge in [-0.15, -0.1) is 0 Å². The topological polar surface area (TPSA) is 88.9 Å². The van der Waals surface area contributed by atoms with E-state index in [4.69, 9.17) is 11.6 Å². The van der Waals surface area contributed by atoms with Gasteiger partial charge in [0, 0.05) is 11.6 Å². The molecular weight excluding hydrogens is 318 g/mol. The number of carbonyl (C=O) groups is 2. The fourth-order valence-electron chi connectivity index (χ4n) is 1.89. The van der Waals surface area contributed by atoms with Crippen molar-refractivity contribution in [1.29, 1.82) is 0 Å². The van der Waals surface area contributed by atoms with Gasteiger partial charge in [-0.05, 0) is 32.0 Å². The Kier molecular flexibility index (Phi) is 5.00. The Morgan fingerprint density at radius 1 is 1.22 bits per heavy atom. The van der Waals surface area contributed by atoms with Crippen molar-refractivity contribution in [3.8, 4) is 5.82 Å². The molecule has 0 aliphatic rings. The highest BCUT2D eigenvalue weighted by atomic mass is 35.5. The number of halogens is 1. The first-order valence-electron chi connectivity index (χ1n) is 7.10. The molecule has 0 saturated heterocycles. The van der Waals surface area contributed by atoms with E-state index in [1.165, 1.54) is 0 Å². The molecule has 8 heteroatoms. The Labute approximate surface area is 139 Å². The summed E-state index contributed by atoms with van der Waals surface area (Å²) in [5, 5.41) is 4.50. The highest BCUT2D eigenvalue weighted by molar-refractivity contribution is 6.33. The Bertz CT molecular complexity index is 754. The second-order valence-corrected chi connectivity index (χ2v) is 5.84. The number of hydrogen-bond acceptors (Lipinski definition) is 4. The largest absolute Gasteiger partial charge is 0.289 e. The standard InChI is InChI=1S/C15H18ClN5O2/c1-8(2)14(22)18-19-15(23)13-11(16)5-6-12(17-13)21-10(4)7-9(3)20-21/h5-8H,1-4H3,(H,18,22)(H,19,23). The van der Waals surface area contributed by atoms with E-state index < -0.39 is 5.91 Å². The number of hydrazine groups is 1. The molecule has 0 unspecified atom stereocenters. The van der Waals surface area contributed by atoms with Gasteiger partial charge < -0.3 is 0 Å². The average Bonchev–Trinajstić information content (AvgIpc) is 2.83. The van der Waals surface area contributed by atoms with Gasteiger partial charge in [-0.2, -0.15) is 5.10 Å². The first kappa shape index (κ1) is 17.0. The van der Waals surface area contributed by atoms with Crippen LogP contribution in [-0.4, -0.2) is 26.6 Å². The van der Waals surface area contributed by atoms with Gasteiger partial charge in [0.25, 0.3) is 5.91 Å². The number of amides is 2. The molecule has 0 radical (unpaired) electrons. The third-order valence-corrected chi connectivity index (χ3v) is 3.40. The number of carbonyl (C=O) groups excluding carboxylic acids is 2. The molecule has 2 aromatic heterocycles. The van der Waals surface area contributed by atoms with Gasteiger partial charge in [-0.3, -0.25) is 20.4 Å². The molecule has 122 valence electrons. The zero-order chi connectivity index (χ0) is 17.1. The minimum Gasteiger partial charge on any atom is -0.273 e. The number of hydrogen-bond donors (Lipinski definition) is 2. The smallest absolute Gasteiger partial charge is 0.273 e. The summed E-state index contributed by atoms with van der Waals surface area (Å²) < 4.78 is 1.62. The zero-order valence-electron chi connectivity index (χ0n) is 13.3. The summed E-state index contributed by atoms with van der Waals surface area (Å²) in [5.74, 6) is -0.670. The second-order valence-electron chi connectivity index (χ2n) is 5.44. The van der Waals surface area contributed by atoms with Crippen molar-refractivity contribution < 1.29 is 9.59 Å². The van der Waals surface area contributed by atoms with Crippen LogP contribution in [0.15, 0.2) is 18.2 Å². The minimum absolute atomic E-state index is 0.0146. The summed E-state index contributed by atoms with van der Waals surface area (Å²) in [6, 6.07) is 5.14.